The summed E-state index contributed by atoms with van der Waals surface area (Å²) in [6, 6.07) is 5.45. The average molecular weight is 361 g/mol. The number of esters is 1. The Hall–Kier alpha value is -3.23. The van der Waals surface area contributed by atoms with Crippen molar-refractivity contribution in [1.82, 2.24) is 15.5 Å². The summed E-state index contributed by atoms with van der Waals surface area (Å²) in [5, 5.41) is 4.91. The lowest BCUT2D eigenvalue weighted by Gasteiger charge is -2.15. The lowest BCUT2D eigenvalue weighted by atomic mass is 10.1. The number of nitrogens with one attached hydrogen (secondary N) is 2. The van der Waals surface area contributed by atoms with Crippen LogP contribution in [0, 0.1) is 0 Å². The number of imide groups is 1. The molecular weight excluding hydrogens is 342 g/mol. The van der Waals surface area contributed by atoms with E-state index in [0.717, 1.165) is 4.90 Å². The first-order chi connectivity index (χ1) is 12.3. The summed E-state index contributed by atoms with van der Waals surface area (Å²) in [6.07, 6.45) is 0. The maximum absolute atomic E-state index is 12.1. The van der Waals surface area contributed by atoms with E-state index < -0.39 is 42.9 Å². The number of carbonyl (C=O) groups excluding carboxylic acids is 5. The maximum Gasteiger partial charge on any atom is 0.326 e. The minimum atomic E-state index is -0.902. The molecule has 0 saturated carbocycles. The van der Waals surface area contributed by atoms with Crippen LogP contribution in [0.25, 0.3) is 0 Å². The van der Waals surface area contributed by atoms with Gasteiger partial charge in [-0.2, -0.15) is 0 Å². The van der Waals surface area contributed by atoms with Gasteiger partial charge in [-0.05, 0) is 26.0 Å². The van der Waals surface area contributed by atoms with Crippen molar-refractivity contribution in [3.8, 4) is 0 Å². The second kappa shape index (κ2) is 8.24. The third-order valence-electron chi connectivity index (χ3n) is 3.65. The van der Waals surface area contributed by atoms with E-state index in [1.54, 1.807) is 19.1 Å². The number of carbonyl (C=O) groups is 5. The van der Waals surface area contributed by atoms with Crippen LogP contribution in [0.4, 0.5) is 0 Å². The molecule has 1 aromatic rings. The Kier molecular flexibility index (Phi) is 6.05. The molecule has 1 aromatic carbocycles. The second-order valence-corrected chi connectivity index (χ2v) is 5.59. The van der Waals surface area contributed by atoms with Crippen LogP contribution in [0.3, 0.4) is 0 Å². The zero-order valence-electron chi connectivity index (χ0n) is 14.4. The minimum Gasteiger partial charge on any atom is -0.454 e. The Balaban J connectivity index is 1.83. The Morgan fingerprint density at radius 2 is 1.69 bits per heavy atom. The number of rotatable bonds is 7. The van der Waals surface area contributed by atoms with E-state index in [1.807, 2.05) is 0 Å². The van der Waals surface area contributed by atoms with E-state index in [4.69, 9.17) is 4.74 Å². The molecule has 0 saturated heterocycles. The minimum absolute atomic E-state index is 0.221. The molecule has 0 spiro atoms. The SMILES string of the molecule is CCNC(=O)[C@H](C)NC(=O)COC(=O)CN1C(=O)c2ccccc2C1=O. The number of hydrogen-bond acceptors (Lipinski definition) is 6. The van der Waals surface area contributed by atoms with Gasteiger partial charge in [0.05, 0.1) is 11.1 Å². The van der Waals surface area contributed by atoms with Gasteiger partial charge < -0.3 is 15.4 Å². The summed E-state index contributed by atoms with van der Waals surface area (Å²) in [5.74, 6) is -3.10. The molecule has 26 heavy (non-hydrogen) atoms. The van der Waals surface area contributed by atoms with Gasteiger partial charge in [0, 0.05) is 6.54 Å². The molecule has 1 atom stereocenters. The zero-order chi connectivity index (χ0) is 19.3. The molecule has 0 radical (unpaired) electrons. The molecule has 1 aliphatic heterocycles. The smallest absolute Gasteiger partial charge is 0.326 e. The van der Waals surface area contributed by atoms with Gasteiger partial charge in [-0.3, -0.25) is 28.9 Å². The zero-order valence-corrected chi connectivity index (χ0v) is 14.4. The van der Waals surface area contributed by atoms with E-state index in [2.05, 4.69) is 10.6 Å². The molecule has 1 aliphatic rings. The molecule has 0 bridgehead atoms. The third kappa shape index (κ3) is 4.24. The fraction of sp³-hybridized carbons (Fsp3) is 0.353. The third-order valence-corrected chi connectivity index (χ3v) is 3.65. The van der Waals surface area contributed by atoms with Gasteiger partial charge in [0.15, 0.2) is 6.61 Å². The lowest BCUT2D eigenvalue weighted by Crippen LogP contribution is -2.46. The molecule has 9 heteroatoms. The van der Waals surface area contributed by atoms with Crippen LogP contribution >= 0.6 is 0 Å². The van der Waals surface area contributed by atoms with Gasteiger partial charge in [-0.15, -0.1) is 0 Å². The standard InChI is InChI=1S/C17H19N3O6/c1-3-18-15(23)10(2)19-13(21)9-26-14(22)8-20-16(24)11-6-4-5-7-12(11)17(20)25/h4-7,10H,3,8-9H2,1-2H3,(H,18,23)(H,19,21)/t10-/m0/s1. The monoisotopic (exact) mass is 361 g/mol. The molecule has 9 nitrogen and oxygen atoms in total. The predicted molar refractivity (Wildman–Crippen MR) is 89.1 cm³/mol. The second-order valence-electron chi connectivity index (χ2n) is 5.59. The van der Waals surface area contributed by atoms with Gasteiger partial charge >= 0.3 is 5.97 Å². The maximum atomic E-state index is 12.1. The van der Waals surface area contributed by atoms with Crippen molar-refractivity contribution in [1.29, 1.82) is 0 Å². The van der Waals surface area contributed by atoms with E-state index in [0.29, 0.717) is 6.54 Å². The molecular formula is C17H19N3O6. The van der Waals surface area contributed by atoms with Gasteiger partial charge in [0.2, 0.25) is 5.91 Å². The number of benzene rings is 1. The molecule has 0 aromatic heterocycles. The Morgan fingerprint density at radius 3 is 2.23 bits per heavy atom. The van der Waals surface area contributed by atoms with Crippen LogP contribution in [0.2, 0.25) is 0 Å². The average Bonchev–Trinajstić information content (AvgIpc) is 2.85. The van der Waals surface area contributed by atoms with E-state index in [1.165, 1.54) is 19.1 Å². The van der Waals surface area contributed by atoms with E-state index >= 15 is 0 Å². The fourth-order valence-corrected chi connectivity index (χ4v) is 2.38. The summed E-state index contributed by atoms with van der Waals surface area (Å²) in [7, 11) is 0. The molecule has 0 fully saturated rings. The molecule has 0 unspecified atom stereocenters. The summed E-state index contributed by atoms with van der Waals surface area (Å²) in [4.78, 5) is 60.1. The summed E-state index contributed by atoms with van der Waals surface area (Å²) < 4.78 is 4.77. The molecule has 0 aliphatic carbocycles. The van der Waals surface area contributed by atoms with Crippen molar-refractivity contribution in [2.75, 3.05) is 19.7 Å². The van der Waals surface area contributed by atoms with Crippen molar-refractivity contribution in [2.45, 2.75) is 19.9 Å². The van der Waals surface area contributed by atoms with Crippen LogP contribution < -0.4 is 10.6 Å². The van der Waals surface area contributed by atoms with Crippen molar-refractivity contribution < 1.29 is 28.7 Å². The number of fused-ring (bicyclic) bond motifs is 1. The molecule has 2 rings (SSSR count). The van der Waals surface area contributed by atoms with Gasteiger partial charge in [0.1, 0.15) is 12.6 Å². The fourth-order valence-electron chi connectivity index (χ4n) is 2.38. The number of ether oxygens (including phenoxy) is 1. The van der Waals surface area contributed by atoms with Crippen LogP contribution in [0.15, 0.2) is 24.3 Å². The van der Waals surface area contributed by atoms with Crippen molar-refractivity contribution >= 4 is 29.6 Å². The summed E-state index contributed by atoms with van der Waals surface area (Å²) in [5.41, 5.74) is 0.442. The highest BCUT2D eigenvalue weighted by Gasteiger charge is 2.36. The van der Waals surface area contributed by atoms with E-state index in [-0.39, 0.29) is 17.0 Å². The number of nitrogens with zero attached hydrogens (tertiary/aromatic N) is 1. The number of hydrogen-bond donors (Lipinski definition) is 2. The summed E-state index contributed by atoms with van der Waals surface area (Å²) >= 11 is 0. The van der Waals surface area contributed by atoms with Crippen LogP contribution in [0.1, 0.15) is 34.6 Å². The lowest BCUT2D eigenvalue weighted by molar-refractivity contribution is -0.149. The summed E-state index contributed by atoms with van der Waals surface area (Å²) in [6.45, 7) is 2.45. The van der Waals surface area contributed by atoms with Crippen molar-refractivity contribution in [3.63, 3.8) is 0 Å². The molecule has 4 amide bonds. The highest BCUT2D eigenvalue weighted by atomic mass is 16.5. The van der Waals surface area contributed by atoms with Crippen LogP contribution in [-0.2, 0) is 19.1 Å². The van der Waals surface area contributed by atoms with Crippen LogP contribution in [-0.4, -0.2) is 60.2 Å². The first-order valence-electron chi connectivity index (χ1n) is 8.03. The molecule has 1 heterocycles. The predicted octanol–water partition coefficient (Wildman–Crippen LogP) is -0.533. The van der Waals surface area contributed by atoms with E-state index in [9.17, 15) is 24.0 Å². The topological polar surface area (TPSA) is 122 Å². The highest BCUT2D eigenvalue weighted by Crippen LogP contribution is 2.21. The van der Waals surface area contributed by atoms with Crippen molar-refractivity contribution in [3.05, 3.63) is 35.4 Å². The van der Waals surface area contributed by atoms with Crippen LogP contribution in [0.5, 0.6) is 0 Å². The Bertz CT molecular complexity index is 726. The van der Waals surface area contributed by atoms with Gasteiger partial charge in [0.25, 0.3) is 17.7 Å². The number of amides is 4. The molecule has 2 N–H and O–H groups in total. The quantitative estimate of drug-likeness (QED) is 0.497. The molecule has 138 valence electrons. The first-order valence-corrected chi connectivity index (χ1v) is 8.03. The highest BCUT2D eigenvalue weighted by molar-refractivity contribution is 6.22. The van der Waals surface area contributed by atoms with Gasteiger partial charge in [-0.1, -0.05) is 12.1 Å². The Morgan fingerprint density at radius 1 is 1.12 bits per heavy atom. The first kappa shape index (κ1) is 19.1. The normalized spacial score (nSPS) is 13.8. The Labute approximate surface area is 149 Å². The number of likely N-dealkylation sites (N-methyl/N-ethyl adjacent to an activating group) is 1. The van der Waals surface area contributed by atoms with Crippen molar-refractivity contribution in [2.24, 2.45) is 0 Å². The van der Waals surface area contributed by atoms with Gasteiger partial charge in [-0.25, -0.2) is 0 Å². The largest absolute Gasteiger partial charge is 0.454 e.